The molecule has 0 aliphatic rings. The molecular formula is C21H41NO4. The lowest BCUT2D eigenvalue weighted by Crippen LogP contribution is -2.41. The Morgan fingerprint density at radius 3 is 1.96 bits per heavy atom. The molecule has 0 spiro atoms. The van der Waals surface area contributed by atoms with Crippen molar-refractivity contribution in [3.63, 3.8) is 0 Å². The van der Waals surface area contributed by atoms with Gasteiger partial charge in [0.25, 0.3) is 0 Å². The normalized spacial score (nSPS) is 13.8. The highest BCUT2D eigenvalue weighted by molar-refractivity contribution is 5.69. The number of rotatable bonds is 18. The van der Waals surface area contributed by atoms with E-state index in [4.69, 9.17) is 15.6 Å². The molecule has 5 heteroatoms. The molecule has 2 atom stereocenters. The van der Waals surface area contributed by atoms with E-state index in [-0.39, 0.29) is 0 Å². The number of carbonyl (C=O) groups excluding carboxylic acids is 1. The third-order valence-electron chi connectivity index (χ3n) is 4.48. The zero-order chi connectivity index (χ0) is 19.5. The van der Waals surface area contributed by atoms with Crippen LogP contribution in [0, 0.1) is 0 Å². The molecule has 0 heterocycles. The molecule has 5 nitrogen and oxygen atoms in total. The van der Waals surface area contributed by atoms with Crippen molar-refractivity contribution in [2.24, 2.45) is 5.73 Å². The Bertz CT molecular complexity index is 347. The van der Waals surface area contributed by atoms with Crippen LogP contribution in [0.15, 0.2) is 12.2 Å². The highest BCUT2D eigenvalue weighted by Gasteiger charge is 2.17. The molecule has 0 aliphatic carbocycles. The van der Waals surface area contributed by atoms with Gasteiger partial charge in [0, 0.05) is 6.42 Å². The van der Waals surface area contributed by atoms with Gasteiger partial charge in [0.05, 0.1) is 6.61 Å². The van der Waals surface area contributed by atoms with Gasteiger partial charge in [0.15, 0.2) is 6.23 Å². The number of unbranched alkanes of at least 4 members (excludes halogenated alkanes) is 11. The molecule has 4 N–H and O–H groups in total. The molecule has 0 radical (unpaired) electrons. The quantitative estimate of drug-likeness (QED) is 0.145. The first-order valence-electron chi connectivity index (χ1n) is 10.5. The first kappa shape index (κ1) is 25.1. The van der Waals surface area contributed by atoms with Crippen LogP contribution in [0.5, 0.6) is 0 Å². The van der Waals surface area contributed by atoms with Gasteiger partial charge < -0.3 is 14.9 Å². The van der Waals surface area contributed by atoms with Crippen molar-refractivity contribution in [3.05, 3.63) is 12.2 Å². The first-order valence-corrected chi connectivity index (χ1v) is 10.5. The maximum atomic E-state index is 11.5. The Morgan fingerprint density at radius 2 is 1.42 bits per heavy atom. The summed E-state index contributed by atoms with van der Waals surface area (Å²) in [7, 11) is 0. The number of aliphatic hydroxyl groups excluding tert-OH is 2. The summed E-state index contributed by atoms with van der Waals surface area (Å²) in [4.78, 5) is 11.5. The van der Waals surface area contributed by atoms with Crippen LogP contribution in [0.1, 0.15) is 96.8 Å². The third-order valence-corrected chi connectivity index (χ3v) is 4.48. The topological polar surface area (TPSA) is 92.8 Å². The second kappa shape index (κ2) is 18.9. The number of hydrogen-bond acceptors (Lipinski definition) is 5. The molecule has 0 aliphatic heterocycles. The fraction of sp³-hybridized carbons (Fsp3) is 0.857. The number of ether oxygens (including phenoxy) is 1. The van der Waals surface area contributed by atoms with E-state index in [0.717, 1.165) is 25.7 Å². The van der Waals surface area contributed by atoms with Crippen LogP contribution < -0.4 is 5.73 Å². The molecule has 0 saturated carbocycles. The van der Waals surface area contributed by atoms with Gasteiger partial charge in [-0.3, -0.25) is 10.5 Å². The van der Waals surface area contributed by atoms with Crippen LogP contribution >= 0.6 is 0 Å². The summed E-state index contributed by atoms with van der Waals surface area (Å²) < 4.78 is 4.84. The van der Waals surface area contributed by atoms with Crippen molar-refractivity contribution in [1.29, 1.82) is 0 Å². The summed E-state index contributed by atoms with van der Waals surface area (Å²) in [6, 6.07) is 0. The lowest BCUT2D eigenvalue weighted by atomic mass is 10.1. The van der Waals surface area contributed by atoms with Crippen molar-refractivity contribution in [3.8, 4) is 0 Å². The first-order chi connectivity index (χ1) is 12.6. The van der Waals surface area contributed by atoms with Crippen molar-refractivity contribution < 1.29 is 19.7 Å². The molecule has 0 aromatic carbocycles. The minimum atomic E-state index is -1.21. The van der Waals surface area contributed by atoms with E-state index in [1.807, 2.05) is 0 Å². The number of hydrogen-bond donors (Lipinski definition) is 3. The third kappa shape index (κ3) is 16.6. The molecule has 0 fully saturated rings. The summed E-state index contributed by atoms with van der Waals surface area (Å²) >= 11 is 0. The second-order valence-electron chi connectivity index (χ2n) is 7.04. The molecule has 2 unspecified atom stereocenters. The fourth-order valence-corrected chi connectivity index (χ4v) is 2.73. The molecule has 0 amide bonds. The predicted octanol–water partition coefficient (Wildman–Crippen LogP) is 4.21. The molecule has 0 aromatic rings. The average molecular weight is 372 g/mol. The molecule has 0 rings (SSSR count). The smallest absolute Gasteiger partial charge is 0.307 e. The lowest BCUT2D eigenvalue weighted by Gasteiger charge is -2.16. The summed E-state index contributed by atoms with van der Waals surface area (Å²) in [5.74, 6) is -0.414. The van der Waals surface area contributed by atoms with Gasteiger partial charge in [-0.25, -0.2) is 0 Å². The number of nitrogens with two attached hydrogens (primary N) is 1. The van der Waals surface area contributed by atoms with Gasteiger partial charge in [-0.05, 0) is 32.1 Å². The Morgan fingerprint density at radius 1 is 0.923 bits per heavy atom. The van der Waals surface area contributed by atoms with E-state index in [1.54, 1.807) is 0 Å². The van der Waals surface area contributed by atoms with Crippen molar-refractivity contribution >= 4 is 5.97 Å². The monoisotopic (exact) mass is 371 g/mol. The van der Waals surface area contributed by atoms with Crippen molar-refractivity contribution in [1.82, 2.24) is 0 Å². The van der Waals surface area contributed by atoms with E-state index >= 15 is 0 Å². The van der Waals surface area contributed by atoms with E-state index < -0.39 is 24.9 Å². The van der Waals surface area contributed by atoms with Crippen LogP contribution in [0.25, 0.3) is 0 Å². The second-order valence-corrected chi connectivity index (χ2v) is 7.04. The predicted molar refractivity (Wildman–Crippen MR) is 107 cm³/mol. The fourth-order valence-electron chi connectivity index (χ4n) is 2.73. The molecule has 26 heavy (non-hydrogen) atoms. The maximum absolute atomic E-state index is 11.5. The minimum Gasteiger partial charge on any atom is -0.444 e. The molecular weight excluding hydrogens is 330 g/mol. The van der Waals surface area contributed by atoms with Crippen LogP contribution in [-0.2, 0) is 9.53 Å². The van der Waals surface area contributed by atoms with E-state index in [1.165, 1.54) is 57.8 Å². The minimum absolute atomic E-state index is 0.310. The average Bonchev–Trinajstić information content (AvgIpc) is 2.64. The molecule has 0 aromatic heterocycles. The maximum Gasteiger partial charge on any atom is 0.307 e. The van der Waals surface area contributed by atoms with Gasteiger partial charge in [-0.1, -0.05) is 70.4 Å². The highest BCUT2D eigenvalue weighted by Crippen LogP contribution is 2.10. The van der Waals surface area contributed by atoms with E-state index in [2.05, 4.69) is 19.1 Å². The van der Waals surface area contributed by atoms with Gasteiger partial charge in [0.2, 0.25) is 0 Å². The number of carbonyl (C=O) groups is 1. The van der Waals surface area contributed by atoms with Crippen molar-refractivity contribution in [2.45, 2.75) is 109 Å². The van der Waals surface area contributed by atoms with Gasteiger partial charge in [0.1, 0.15) is 6.10 Å². The molecule has 0 saturated heterocycles. The Balaban J connectivity index is 3.33. The van der Waals surface area contributed by atoms with Crippen molar-refractivity contribution in [2.75, 3.05) is 6.61 Å². The van der Waals surface area contributed by atoms with Crippen LogP contribution in [0.4, 0.5) is 0 Å². The van der Waals surface area contributed by atoms with E-state index in [9.17, 15) is 9.90 Å². The van der Waals surface area contributed by atoms with Crippen LogP contribution in [-0.4, -0.2) is 35.1 Å². The summed E-state index contributed by atoms with van der Waals surface area (Å²) in [6.45, 7) is 1.74. The van der Waals surface area contributed by atoms with Gasteiger partial charge in [-0.15, -0.1) is 0 Å². The number of allylic oxidation sites excluding steroid dienone is 2. The zero-order valence-corrected chi connectivity index (χ0v) is 16.7. The standard InChI is InChI=1S/C21H41NO4/c1-2-3-4-5-6-7-8-9-10-11-12-13-14-15-16-17-20(25)26-21(22)19(24)18-23/h9-10,19,21,23-24H,2-8,11-18,22H2,1H3. The molecule has 0 bridgehead atoms. The summed E-state index contributed by atoms with van der Waals surface area (Å²) in [5, 5.41) is 17.9. The molecule has 154 valence electrons. The van der Waals surface area contributed by atoms with Gasteiger partial charge in [-0.2, -0.15) is 0 Å². The van der Waals surface area contributed by atoms with E-state index in [0.29, 0.717) is 6.42 Å². The summed E-state index contributed by atoms with van der Waals surface area (Å²) in [5.41, 5.74) is 5.43. The SMILES string of the molecule is CCCCCCCCC=CCCCCCCCC(=O)OC(N)C(O)CO. The Kier molecular flexibility index (Phi) is 18.2. The highest BCUT2D eigenvalue weighted by atomic mass is 16.6. The largest absolute Gasteiger partial charge is 0.444 e. The van der Waals surface area contributed by atoms with Gasteiger partial charge >= 0.3 is 5.97 Å². The summed E-state index contributed by atoms with van der Waals surface area (Å²) in [6.07, 6.45) is 18.3. The lowest BCUT2D eigenvalue weighted by molar-refractivity contribution is -0.156. The zero-order valence-electron chi connectivity index (χ0n) is 16.7. The number of esters is 1. The Hall–Kier alpha value is -0.910. The van der Waals surface area contributed by atoms with Crippen LogP contribution in [0.2, 0.25) is 0 Å². The van der Waals surface area contributed by atoms with Crippen LogP contribution in [0.3, 0.4) is 0 Å². The Labute approximate surface area is 160 Å². The number of aliphatic hydroxyl groups is 2.